The van der Waals surface area contributed by atoms with E-state index in [2.05, 4.69) is 23.8 Å². The van der Waals surface area contributed by atoms with E-state index in [1.165, 1.54) is 12.4 Å². The Morgan fingerprint density at radius 1 is 0.938 bits per heavy atom. The highest BCUT2D eigenvalue weighted by molar-refractivity contribution is 5.91. The SMILES string of the molecule is CCC[C@H](F)[C@@H](F)Oc1cnc(-c2ccc(C(=O)Oc3ccc(C(C)C)cc3)cc2)nc1. The van der Waals surface area contributed by atoms with E-state index in [0.29, 0.717) is 35.0 Å². The van der Waals surface area contributed by atoms with E-state index < -0.39 is 18.5 Å². The molecule has 2 aromatic carbocycles. The van der Waals surface area contributed by atoms with Gasteiger partial charge in [0.05, 0.1) is 18.0 Å². The third kappa shape index (κ3) is 6.09. The minimum atomic E-state index is -2.06. The third-order valence-corrected chi connectivity index (χ3v) is 4.86. The van der Waals surface area contributed by atoms with Crippen molar-refractivity contribution in [1.82, 2.24) is 9.97 Å². The first-order chi connectivity index (χ1) is 15.4. The Bertz CT molecular complexity index is 1010. The molecule has 0 unspecified atom stereocenters. The van der Waals surface area contributed by atoms with Crippen LogP contribution >= 0.6 is 0 Å². The van der Waals surface area contributed by atoms with Crippen LogP contribution < -0.4 is 9.47 Å². The monoisotopic (exact) mass is 440 g/mol. The zero-order valence-corrected chi connectivity index (χ0v) is 18.3. The van der Waals surface area contributed by atoms with Gasteiger partial charge < -0.3 is 9.47 Å². The van der Waals surface area contributed by atoms with Crippen molar-refractivity contribution in [3.05, 3.63) is 72.1 Å². The quantitative estimate of drug-likeness (QED) is 0.289. The summed E-state index contributed by atoms with van der Waals surface area (Å²) in [5.74, 6) is 0.810. The number of rotatable bonds is 9. The molecule has 0 bridgehead atoms. The first kappa shape index (κ1) is 23.3. The lowest BCUT2D eigenvalue weighted by Gasteiger charge is -2.14. The van der Waals surface area contributed by atoms with E-state index in [0.717, 1.165) is 5.56 Å². The number of ether oxygens (including phenoxy) is 2. The summed E-state index contributed by atoms with van der Waals surface area (Å²) in [6, 6.07) is 14.0. The maximum atomic E-state index is 13.7. The van der Waals surface area contributed by atoms with Gasteiger partial charge in [-0.05, 0) is 42.2 Å². The number of benzene rings is 2. The van der Waals surface area contributed by atoms with Gasteiger partial charge in [0.1, 0.15) is 5.75 Å². The molecule has 0 radical (unpaired) electrons. The molecule has 168 valence electrons. The molecule has 0 fully saturated rings. The highest BCUT2D eigenvalue weighted by Gasteiger charge is 2.21. The van der Waals surface area contributed by atoms with Crippen LogP contribution in [-0.4, -0.2) is 28.5 Å². The first-order valence-electron chi connectivity index (χ1n) is 10.6. The number of hydrogen-bond donors (Lipinski definition) is 0. The Kier molecular flexibility index (Phi) is 7.87. The number of esters is 1. The Labute approximate surface area is 186 Å². The Morgan fingerprint density at radius 3 is 2.12 bits per heavy atom. The topological polar surface area (TPSA) is 61.3 Å². The standard InChI is InChI=1S/C25H26F2N2O3/c1-4-5-22(26)23(27)31-21-14-28-24(29-15-21)18-6-8-19(9-7-18)25(30)32-20-12-10-17(11-13-20)16(2)3/h6-16,22-23H,4-5H2,1-3H3/t22-,23-/m0/s1. The van der Waals surface area contributed by atoms with Gasteiger partial charge in [0.2, 0.25) is 0 Å². The normalized spacial score (nSPS) is 12.9. The molecule has 0 N–H and O–H groups in total. The first-order valence-corrected chi connectivity index (χ1v) is 10.6. The van der Waals surface area contributed by atoms with E-state index in [1.54, 1.807) is 43.3 Å². The van der Waals surface area contributed by atoms with Gasteiger partial charge in [0.25, 0.3) is 6.36 Å². The summed E-state index contributed by atoms with van der Waals surface area (Å²) in [5, 5.41) is 0. The lowest BCUT2D eigenvalue weighted by Crippen LogP contribution is -2.23. The summed E-state index contributed by atoms with van der Waals surface area (Å²) in [7, 11) is 0. The second-order valence-corrected chi connectivity index (χ2v) is 7.71. The van der Waals surface area contributed by atoms with Gasteiger partial charge in [0, 0.05) is 5.56 Å². The Morgan fingerprint density at radius 2 is 1.56 bits per heavy atom. The number of aromatic nitrogens is 2. The minimum absolute atomic E-state index is 0.0451. The maximum Gasteiger partial charge on any atom is 0.343 e. The fraction of sp³-hybridized carbons (Fsp3) is 0.320. The summed E-state index contributed by atoms with van der Waals surface area (Å²) >= 11 is 0. The van der Waals surface area contributed by atoms with Crippen LogP contribution in [0.25, 0.3) is 11.4 Å². The molecule has 0 amide bonds. The van der Waals surface area contributed by atoms with E-state index in [1.807, 2.05) is 12.1 Å². The average Bonchev–Trinajstić information content (AvgIpc) is 2.80. The van der Waals surface area contributed by atoms with Crippen LogP contribution in [0.3, 0.4) is 0 Å². The van der Waals surface area contributed by atoms with Crippen LogP contribution in [0, 0.1) is 0 Å². The molecule has 1 heterocycles. The van der Waals surface area contributed by atoms with Gasteiger partial charge >= 0.3 is 5.97 Å². The van der Waals surface area contributed by atoms with Gasteiger partial charge in [-0.2, -0.15) is 4.39 Å². The van der Waals surface area contributed by atoms with Crippen molar-refractivity contribution in [2.45, 2.75) is 52.1 Å². The van der Waals surface area contributed by atoms with Crippen molar-refractivity contribution >= 4 is 5.97 Å². The number of hydrogen-bond acceptors (Lipinski definition) is 5. The number of halogens is 2. The highest BCUT2D eigenvalue weighted by Crippen LogP contribution is 2.22. The van der Waals surface area contributed by atoms with Crippen LogP contribution in [-0.2, 0) is 0 Å². The van der Waals surface area contributed by atoms with E-state index >= 15 is 0 Å². The molecule has 0 spiro atoms. The van der Waals surface area contributed by atoms with E-state index in [9.17, 15) is 13.6 Å². The average molecular weight is 440 g/mol. The van der Waals surface area contributed by atoms with E-state index in [4.69, 9.17) is 9.47 Å². The lowest BCUT2D eigenvalue weighted by molar-refractivity contribution is -0.00963. The smallest absolute Gasteiger partial charge is 0.343 e. The van der Waals surface area contributed by atoms with Crippen LogP contribution in [0.1, 0.15) is 55.5 Å². The largest absolute Gasteiger partial charge is 0.454 e. The molecule has 5 nitrogen and oxygen atoms in total. The third-order valence-electron chi connectivity index (χ3n) is 4.86. The summed E-state index contributed by atoms with van der Waals surface area (Å²) in [4.78, 5) is 20.7. The zero-order valence-electron chi connectivity index (χ0n) is 18.3. The van der Waals surface area contributed by atoms with Gasteiger partial charge in [-0.25, -0.2) is 19.2 Å². The summed E-state index contributed by atoms with van der Waals surface area (Å²) < 4.78 is 37.6. The number of carbonyl (C=O) groups excluding carboxylic acids is 1. The number of nitrogens with zero attached hydrogens (tertiary/aromatic N) is 2. The summed E-state index contributed by atoms with van der Waals surface area (Å²) in [6.07, 6.45) is -0.573. The lowest BCUT2D eigenvalue weighted by atomic mass is 10.0. The van der Waals surface area contributed by atoms with Crippen molar-refractivity contribution < 1.29 is 23.0 Å². The maximum absolute atomic E-state index is 13.7. The molecule has 3 rings (SSSR count). The molecule has 32 heavy (non-hydrogen) atoms. The van der Waals surface area contributed by atoms with Crippen molar-refractivity contribution in [2.75, 3.05) is 0 Å². The van der Waals surface area contributed by atoms with Crippen LogP contribution in [0.4, 0.5) is 8.78 Å². The fourth-order valence-corrected chi connectivity index (χ4v) is 2.98. The van der Waals surface area contributed by atoms with Gasteiger partial charge in [-0.15, -0.1) is 0 Å². The molecule has 2 atom stereocenters. The second kappa shape index (κ2) is 10.8. The molecule has 0 saturated carbocycles. The molecular weight excluding hydrogens is 414 g/mol. The molecule has 7 heteroatoms. The van der Waals surface area contributed by atoms with E-state index in [-0.39, 0.29) is 12.2 Å². The van der Waals surface area contributed by atoms with Crippen LogP contribution in [0.15, 0.2) is 60.9 Å². The minimum Gasteiger partial charge on any atom is -0.454 e. The van der Waals surface area contributed by atoms with Crippen LogP contribution in [0.5, 0.6) is 11.5 Å². The van der Waals surface area contributed by atoms with Crippen molar-refractivity contribution in [1.29, 1.82) is 0 Å². The van der Waals surface area contributed by atoms with Crippen LogP contribution in [0.2, 0.25) is 0 Å². The van der Waals surface area contributed by atoms with Gasteiger partial charge in [-0.3, -0.25) is 0 Å². The molecule has 0 saturated heterocycles. The number of carbonyl (C=O) groups is 1. The van der Waals surface area contributed by atoms with Gasteiger partial charge in [-0.1, -0.05) is 51.5 Å². The molecular formula is C25H26F2N2O3. The molecule has 1 aromatic heterocycles. The Hall–Kier alpha value is -3.35. The fourth-order valence-electron chi connectivity index (χ4n) is 2.98. The number of alkyl halides is 2. The molecule has 0 aliphatic carbocycles. The van der Waals surface area contributed by atoms with Crippen molar-refractivity contribution in [3.8, 4) is 22.9 Å². The zero-order chi connectivity index (χ0) is 23.1. The predicted molar refractivity (Wildman–Crippen MR) is 118 cm³/mol. The molecule has 3 aromatic rings. The molecule has 0 aliphatic heterocycles. The summed E-state index contributed by atoms with van der Waals surface area (Å²) in [6.45, 7) is 5.96. The van der Waals surface area contributed by atoms with Crippen molar-refractivity contribution in [3.63, 3.8) is 0 Å². The van der Waals surface area contributed by atoms with Gasteiger partial charge in [0.15, 0.2) is 17.7 Å². The Balaban J connectivity index is 1.61. The molecule has 0 aliphatic rings. The second-order valence-electron chi connectivity index (χ2n) is 7.71. The summed E-state index contributed by atoms with van der Waals surface area (Å²) in [5.41, 5.74) is 2.20. The highest BCUT2D eigenvalue weighted by atomic mass is 19.2. The predicted octanol–water partition coefficient (Wildman–Crippen LogP) is 6.30. The van der Waals surface area contributed by atoms with Crippen molar-refractivity contribution in [2.24, 2.45) is 0 Å².